The van der Waals surface area contributed by atoms with E-state index in [9.17, 15) is 8.42 Å². The normalized spacial score (nSPS) is 12.2. The number of nitrogens with zero attached hydrogens (tertiary/aromatic N) is 1. The summed E-state index contributed by atoms with van der Waals surface area (Å²) in [4.78, 5) is 0.0891. The van der Waals surface area contributed by atoms with Crippen molar-refractivity contribution in [2.75, 3.05) is 19.4 Å². The average molecular weight is 351 g/mol. The van der Waals surface area contributed by atoms with Crippen molar-refractivity contribution in [3.8, 4) is 5.75 Å². The van der Waals surface area contributed by atoms with Crippen molar-refractivity contribution in [2.24, 2.45) is 0 Å². The Morgan fingerprint density at radius 2 is 2.00 bits per heavy atom. The molecule has 7 heteroatoms. The minimum Gasteiger partial charge on any atom is -0.495 e. The van der Waals surface area contributed by atoms with Crippen molar-refractivity contribution < 1.29 is 13.2 Å². The van der Waals surface area contributed by atoms with Crippen molar-refractivity contribution in [2.45, 2.75) is 31.7 Å². The third-order valence-corrected chi connectivity index (χ3v) is 5.62. The summed E-state index contributed by atoms with van der Waals surface area (Å²) in [5, 5.41) is 0. The number of hydrogen-bond donors (Lipinski definition) is 1. The van der Waals surface area contributed by atoms with Gasteiger partial charge in [0.1, 0.15) is 10.6 Å². The van der Waals surface area contributed by atoms with Gasteiger partial charge in [-0.15, -0.1) is 0 Å². The molecule has 0 aromatic heterocycles. The molecule has 0 aliphatic rings. The van der Waals surface area contributed by atoms with E-state index in [-0.39, 0.29) is 16.7 Å². The Balaban J connectivity index is 3.47. The predicted molar refractivity (Wildman–Crippen MR) is 79.8 cm³/mol. The Morgan fingerprint density at radius 3 is 2.42 bits per heavy atom. The number of nitrogens with two attached hydrogens (primary N) is 1. The first-order chi connectivity index (χ1) is 8.75. The topological polar surface area (TPSA) is 72.6 Å². The smallest absolute Gasteiger partial charge is 0.247 e. The summed E-state index contributed by atoms with van der Waals surface area (Å²) < 4.78 is 32.4. The van der Waals surface area contributed by atoms with E-state index in [0.29, 0.717) is 16.7 Å². The molecule has 0 radical (unpaired) electrons. The van der Waals surface area contributed by atoms with Crippen LogP contribution in [-0.4, -0.2) is 32.4 Å². The number of nitrogen functional groups attached to an aromatic ring is 1. The van der Waals surface area contributed by atoms with Crippen LogP contribution in [0.3, 0.4) is 0 Å². The Kier molecular flexibility index (Phi) is 5.23. The quantitative estimate of drug-likeness (QED) is 0.827. The lowest BCUT2D eigenvalue weighted by atomic mass is 10.3. The van der Waals surface area contributed by atoms with Crippen LogP contribution in [0.25, 0.3) is 0 Å². The van der Waals surface area contributed by atoms with Gasteiger partial charge in [0.05, 0.1) is 7.11 Å². The second-order valence-electron chi connectivity index (χ2n) is 4.33. The van der Waals surface area contributed by atoms with Crippen LogP contribution in [0.5, 0.6) is 5.75 Å². The molecule has 19 heavy (non-hydrogen) atoms. The Bertz CT molecular complexity index is 558. The second-order valence-corrected chi connectivity index (χ2v) is 7.04. The summed E-state index contributed by atoms with van der Waals surface area (Å²) in [5.41, 5.74) is 6.13. The van der Waals surface area contributed by atoms with Crippen LogP contribution in [0.15, 0.2) is 21.5 Å². The van der Waals surface area contributed by atoms with Crippen LogP contribution in [0, 0.1) is 0 Å². The third kappa shape index (κ3) is 3.21. The second kappa shape index (κ2) is 6.11. The highest BCUT2D eigenvalue weighted by molar-refractivity contribution is 9.10. The molecule has 0 saturated heterocycles. The molecule has 1 aromatic rings. The van der Waals surface area contributed by atoms with Gasteiger partial charge in [0.15, 0.2) is 0 Å². The first kappa shape index (κ1) is 16.3. The maximum absolute atomic E-state index is 12.6. The third-order valence-electron chi connectivity index (χ3n) is 2.76. The van der Waals surface area contributed by atoms with E-state index in [1.165, 1.54) is 17.5 Å². The fraction of sp³-hybridized carbons (Fsp3) is 0.500. The maximum atomic E-state index is 12.6. The summed E-state index contributed by atoms with van der Waals surface area (Å²) in [6, 6.07) is 2.85. The summed E-state index contributed by atoms with van der Waals surface area (Å²) in [7, 11) is -2.19. The van der Waals surface area contributed by atoms with Crippen molar-refractivity contribution in [1.82, 2.24) is 4.31 Å². The predicted octanol–water partition coefficient (Wildman–Crippen LogP) is 2.46. The fourth-order valence-corrected chi connectivity index (χ4v) is 3.99. The molecule has 1 aromatic carbocycles. The first-order valence-corrected chi connectivity index (χ1v) is 8.13. The van der Waals surface area contributed by atoms with Crippen LogP contribution < -0.4 is 10.5 Å². The van der Waals surface area contributed by atoms with Crippen molar-refractivity contribution in [1.29, 1.82) is 0 Å². The van der Waals surface area contributed by atoms with Gasteiger partial charge in [0.25, 0.3) is 0 Å². The average Bonchev–Trinajstić information content (AvgIpc) is 2.31. The molecule has 0 aliphatic heterocycles. The molecule has 0 atom stereocenters. The van der Waals surface area contributed by atoms with Gasteiger partial charge in [-0.2, -0.15) is 4.31 Å². The van der Waals surface area contributed by atoms with Crippen LogP contribution in [0.4, 0.5) is 5.69 Å². The van der Waals surface area contributed by atoms with Gasteiger partial charge in [0.2, 0.25) is 10.0 Å². The minimum absolute atomic E-state index is 0.0891. The van der Waals surface area contributed by atoms with Crippen molar-refractivity contribution >= 4 is 31.6 Å². The number of hydrogen-bond acceptors (Lipinski definition) is 4. The summed E-state index contributed by atoms with van der Waals surface area (Å²) in [6.45, 7) is 5.84. The number of anilines is 1. The lowest BCUT2D eigenvalue weighted by Crippen LogP contribution is -2.36. The zero-order valence-corrected chi connectivity index (χ0v) is 13.9. The van der Waals surface area contributed by atoms with E-state index in [2.05, 4.69) is 15.9 Å². The van der Waals surface area contributed by atoms with Gasteiger partial charge < -0.3 is 10.5 Å². The lowest BCUT2D eigenvalue weighted by molar-refractivity contribution is 0.361. The number of ether oxygens (including phenoxy) is 1. The molecule has 0 heterocycles. The molecule has 1 rings (SSSR count). The number of sulfonamides is 1. The molecule has 5 nitrogen and oxygen atoms in total. The van der Waals surface area contributed by atoms with E-state index < -0.39 is 10.0 Å². The Morgan fingerprint density at radius 1 is 1.42 bits per heavy atom. The molecule has 0 bridgehead atoms. The summed E-state index contributed by atoms with van der Waals surface area (Å²) in [5.74, 6) is 0.278. The van der Waals surface area contributed by atoms with Crippen molar-refractivity contribution in [3.63, 3.8) is 0 Å². The van der Waals surface area contributed by atoms with E-state index in [1.54, 1.807) is 13.0 Å². The molecule has 0 fully saturated rings. The van der Waals surface area contributed by atoms with Gasteiger partial charge in [0, 0.05) is 22.7 Å². The molecule has 0 unspecified atom stereocenters. The maximum Gasteiger partial charge on any atom is 0.247 e. The molecular formula is C12H19BrN2O3S. The van der Waals surface area contributed by atoms with Gasteiger partial charge in [-0.25, -0.2) is 8.42 Å². The van der Waals surface area contributed by atoms with E-state index >= 15 is 0 Å². The van der Waals surface area contributed by atoms with Crippen LogP contribution in [0.1, 0.15) is 20.8 Å². The minimum atomic E-state index is -3.62. The Hall–Kier alpha value is -0.790. The number of rotatable bonds is 5. The molecule has 2 N–H and O–H groups in total. The molecular weight excluding hydrogens is 332 g/mol. The zero-order valence-electron chi connectivity index (χ0n) is 11.5. The standard InChI is InChI=1S/C12H19BrN2O3S/c1-5-15(8(2)3)19(16,17)12-7-10(14)9(13)6-11(12)18-4/h6-8H,5,14H2,1-4H3. The van der Waals surface area contributed by atoms with Gasteiger partial charge in [-0.3, -0.25) is 0 Å². The van der Waals surface area contributed by atoms with Crippen LogP contribution >= 0.6 is 15.9 Å². The number of halogens is 1. The van der Waals surface area contributed by atoms with Crippen LogP contribution in [0.2, 0.25) is 0 Å². The largest absolute Gasteiger partial charge is 0.495 e. The molecule has 108 valence electrons. The van der Waals surface area contributed by atoms with Gasteiger partial charge >= 0.3 is 0 Å². The van der Waals surface area contributed by atoms with E-state index in [4.69, 9.17) is 10.5 Å². The van der Waals surface area contributed by atoms with Gasteiger partial charge in [-0.05, 0) is 41.9 Å². The monoisotopic (exact) mass is 350 g/mol. The number of methoxy groups -OCH3 is 1. The van der Waals surface area contributed by atoms with E-state index in [0.717, 1.165) is 0 Å². The zero-order chi connectivity index (χ0) is 14.8. The molecule has 0 aliphatic carbocycles. The first-order valence-electron chi connectivity index (χ1n) is 5.90. The fourth-order valence-electron chi connectivity index (χ4n) is 1.85. The highest BCUT2D eigenvalue weighted by Gasteiger charge is 2.29. The van der Waals surface area contributed by atoms with Gasteiger partial charge in [-0.1, -0.05) is 6.92 Å². The SMILES string of the molecule is CCN(C(C)C)S(=O)(=O)c1cc(N)c(Br)cc1OC. The number of benzene rings is 1. The Labute approximate surface area is 122 Å². The summed E-state index contributed by atoms with van der Waals surface area (Å²) in [6.07, 6.45) is 0. The molecule has 0 spiro atoms. The van der Waals surface area contributed by atoms with Crippen LogP contribution in [-0.2, 0) is 10.0 Å². The molecule has 0 amide bonds. The molecule has 0 saturated carbocycles. The lowest BCUT2D eigenvalue weighted by Gasteiger charge is -2.25. The van der Waals surface area contributed by atoms with E-state index in [1.807, 2.05) is 13.8 Å². The highest BCUT2D eigenvalue weighted by Crippen LogP contribution is 2.34. The summed E-state index contributed by atoms with van der Waals surface area (Å²) >= 11 is 3.26. The van der Waals surface area contributed by atoms with Crippen molar-refractivity contribution in [3.05, 3.63) is 16.6 Å². The highest BCUT2D eigenvalue weighted by atomic mass is 79.9.